The molecule has 3 aromatic rings. The third-order valence-corrected chi connectivity index (χ3v) is 3.20. The van der Waals surface area contributed by atoms with E-state index in [1.165, 1.54) is 18.4 Å². The van der Waals surface area contributed by atoms with Crippen LogP contribution in [0.5, 0.6) is 0 Å². The number of H-pyrrole nitrogens is 1. The number of furan rings is 1. The summed E-state index contributed by atoms with van der Waals surface area (Å²) in [5.74, 6) is -2.27. The van der Waals surface area contributed by atoms with Crippen molar-refractivity contribution in [3.63, 3.8) is 0 Å². The van der Waals surface area contributed by atoms with E-state index in [1.54, 1.807) is 0 Å². The second kappa shape index (κ2) is 4.99. The van der Waals surface area contributed by atoms with Crippen LogP contribution in [0.3, 0.4) is 0 Å². The van der Waals surface area contributed by atoms with Crippen LogP contribution in [-0.2, 0) is 6.54 Å². The van der Waals surface area contributed by atoms with E-state index in [1.807, 2.05) is 0 Å². The Morgan fingerprint density at radius 1 is 1.32 bits per heavy atom. The normalized spacial score (nSPS) is 11.0. The predicted molar refractivity (Wildman–Crippen MR) is 73.6 cm³/mol. The molecule has 0 saturated heterocycles. The minimum Gasteiger partial charge on any atom is -0.478 e. The summed E-state index contributed by atoms with van der Waals surface area (Å²) in [6.45, 7) is -0.0693. The van der Waals surface area contributed by atoms with Crippen molar-refractivity contribution < 1.29 is 18.7 Å². The van der Waals surface area contributed by atoms with Crippen LogP contribution in [-0.4, -0.2) is 20.6 Å². The fourth-order valence-electron chi connectivity index (χ4n) is 2.17. The highest BCUT2D eigenvalue weighted by Crippen LogP contribution is 2.14. The monoisotopic (exact) mass is 304 g/mol. The number of rotatable bonds is 3. The largest absolute Gasteiger partial charge is 0.478 e. The van der Waals surface area contributed by atoms with E-state index in [0.29, 0.717) is 5.56 Å². The molecule has 2 heterocycles. The second-order valence-electron chi connectivity index (χ2n) is 4.60. The van der Waals surface area contributed by atoms with E-state index in [0.717, 1.165) is 16.7 Å². The molecule has 0 aliphatic heterocycles. The van der Waals surface area contributed by atoms with Crippen molar-refractivity contribution in [2.75, 3.05) is 0 Å². The standard InChI is InChI=1S/C14H9FN2O5/c15-10-2-1-7(5-9(10)13(19)20)6-17-12-8(3-4-22-12)11(18)16-14(17)21/h1-5H,6H2,(H,19,20)(H,16,18,21). The zero-order valence-electron chi connectivity index (χ0n) is 11.0. The molecule has 0 aliphatic carbocycles. The van der Waals surface area contributed by atoms with Crippen LogP contribution in [0.15, 0.2) is 44.5 Å². The molecule has 112 valence electrons. The first kappa shape index (κ1) is 13.8. The maximum atomic E-state index is 13.4. The van der Waals surface area contributed by atoms with Gasteiger partial charge in [0.2, 0.25) is 5.71 Å². The first-order chi connectivity index (χ1) is 10.5. The lowest BCUT2D eigenvalue weighted by Gasteiger charge is -2.07. The summed E-state index contributed by atoms with van der Waals surface area (Å²) < 4.78 is 19.7. The number of fused-ring (bicyclic) bond motifs is 1. The summed E-state index contributed by atoms with van der Waals surface area (Å²) in [4.78, 5) is 36.6. The van der Waals surface area contributed by atoms with Gasteiger partial charge in [-0.15, -0.1) is 0 Å². The van der Waals surface area contributed by atoms with Gasteiger partial charge in [-0.1, -0.05) is 6.07 Å². The van der Waals surface area contributed by atoms with E-state index < -0.39 is 28.6 Å². The highest BCUT2D eigenvalue weighted by atomic mass is 19.1. The lowest BCUT2D eigenvalue weighted by atomic mass is 10.1. The van der Waals surface area contributed by atoms with Crippen molar-refractivity contribution in [2.45, 2.75) is 6.54 Å². The molecule has 0 bridgehead atoms. The molecule has 0 atom stereocenters. The molecular formula is C14H9FN2O5. The van der Waals surface area contributed by atoms with E-state index in [-0.39, 0.29) is 17.6 Å². The fraction of sp³-hybridized carbons (Fsp3) is 0.0714. The topological polar surface area (TPSA) is 105 Å². The molecule has 2 N–H and O–H groups in total. The van der Waals surface area contributed by atoms with Crippen LogP contribution in [0.4, 0.5) is 4.39 Å². The number of carbonyl (C=O) groups is 1. The molecule has 22 heavy (non-hydrogen) atoms. The molecular weight excluding hydrogens is 295 g/mol. The van der Waals surface area contributed by atoms with Crippen LogP contribution in [0.2, 0.25) is 0 Å². The smallest absolute Gasteiger partial charge is 0.338 e. The van der Waals surface area contributed by atoms with Crippen LogP contribution < -0.4 is 11.2 Å². The van der Waals surface area contributed by atoms with Crippen molar-refractivity contribution in [1.29, 1.82) is 0 Å². The quantitative estimate of drug-likeness (QED) is 0.755. The molecule has 0 amide bonds. The number of carboxylic acids is 1. The highest BCUT2D eigenvalue weighted by molar-refractivity contribution is 5.88. The van der Waals surface area contributed by atoms with Crippen molar-refractivity contribution in [3.8, 4) is 0 Å². The molecule has 2 aromatic heterocycles. The maximum Gasteiger partial charge on any atom is 0.338 e. The predicted octanol–water partition coefficient (Wildman–Crippen LogP) is 1.17. The SMILES string of the molecule is O=C(O)c1cc(Cn2c(=O)[nH]c(=O)c3ccoc32)ccc1F. The Bertz CT molecular complexity index is 998. The molecule has 0 spiro atoms. The second-order valence-corrected chi connectivity index (χ2v) is 4.60. The maximum absolute atomic E-state index is 13.4. The highest BCUT2D eigenvalue weighted by Gasteiger charge is 2.14. The molecule has 7 nitrogen and oxygen atoms in total. The Morgan fingerprint density at radius 2 is 2.09 bits per heavy atom. The number of halogens is 1. The van der Waals surface area contributed by atoms with Gasteiger partial charge in [-0.05, 0) is 23.8 Å². The third-order valence-electron chi connectivity index (χ3n) is 3.20. The molecule has 0 fully saturated rings. The number of aromatic carboxylic acids is 1. The minimum atomic E-state index is -1.41. The van der Waals surface area contributed by atoms with E-state index in [4.69, 9.17) is 9.52 Å². The van der Waals surface area contributed by atoms with Gasteiger partial charge in [-0.25, -0.2) is 14.0 Å². The van der Waals surface area contributed by atoms with Gasteiger partial charge < -0.3 is 9.52 Å². The Hall–Kier alpha value is -3.16. The van der Waals surface area contributed by atoms with E-state index in [2.05, 4.69) is 4.98 Å². The average molecular weight is 304 g/mol. The summed E-state index contributed by atoms with van der Waals surface area (Å²) in [5, 5.41) is 9.11. The Kier molecular flexibility index (Phi) is 3.13. The average Bonchev–Trinajstić information content (AvgIpc) is 2.94. The van der Waals surface area contributed by atoms with Crippen molar-refractivity contribution >= 4 is 17.1 Å². The first-order valence-corrected chi connectivity index (χ1v) is 6.19. The lowest BCUT2D eigenvalue weighted by molar-refractivity contribution is 0.0691. The number of benzene rings is 1. The first-order valence-electron chi connectivity index (χ1n) is 6.19. The van der Waals surface area contributed by atoms with E-state index >= 15 is 0 Å². The molecule has 1 aromatic carbocycles. The molecule has 0 aliphatic rings. The van der Waals surface area contributed by atoms with Gasteiger partial charge in [0.05, 0.1) is 18.4 Å². The number of nitrogens with one attached hydrogen (secondary N) is 1. The van der Waals surface area contributed by atoms with Crippen LogP contribution in [0, 0.1) is 5.82 Å². The van der Waals surface area contributed by atoms with Crippen LogP contribution in [0.25, 0.3) is 11.1 Å². The van der Waals surface area contributed by atoms with Crippen LogP contribution >= 0.6 is 0 Å². The Morgan fingerprint density at radius 3 is 2.82 bits per heavy atom. The minimum absolute atomic E-state index is 0.0648. The zero-order chi connectivity index (χ0) is 15.9. The van der Waals surface area contributed by atoms with Gasteiger partial charge in [0, 0.05) is 0 Å². The number of hydrogen-bond donors (Lipinski definition) is 2. The molecule has 0 unspecified atom stereocenters. The van der Waals surface area contributed by atoms with E-state index in [9.17, 15) is 18.8 Å². The Labute approximate surface area is 121 Å². The van der Waals surface area contributed by atoms with Crippen LogP contribution in [0.1, 0.15) is 15.9 Å². The summed E-state index contributed by atoms with van der Waals surface area (Å²) in [7, 11) is 0. The number of aromatic nitrogens is 2. The third kappa shape index (κ3) is 2.20. The fourth-order valence-corrected chi connectivity index (χ4v) is 2.17. The van der Waals surface area contributed by atoms with Gasteiger partial charge in [-0.2, -0.15) is 0 Å². The van der Waals surface area contributed by atoms with Gasteiger partial charge >= 0.3 is 11.7 Å². The molecule has 0 radical (unpaired) electrons. The van der Waals surface area contributed by atoms with Gasteiger partial charge in [0.15, 0.2) is 0 Å². The van der Waals surface area contributed by atoms with Gasteiger partial charge in [0.25, 0.3) is 5.56 Å². The van der Waals surface area contributed by atoms with Crippen molar-refractivity contribution in [3.05, 3.63) is 68.3 Å². The molecule has 3 rings (SSSR count). The molecule has 8 heteroatoms. The number of aromatic amines is 1. The Balaban J connectivity index is 2.13. The summed E-state index contributed by atoms with van der Waals surface area (Å²) in [5.41, 5.74) is -1.32. The number of nitrogens with zero attached hydrogens (tertiary/aromatic N) is 1. The zero-order valence-corrected chi connectivity index (χ0v) is 11.0. The van der Waals surface area contributed by atoms with Crippen molar-refractivity contribution in [1.82, 2.24) is 9.55 Å². The molecule has 0 saturated carbocycles. The lowest BCUT2D eigenvalue weighted by Crippen LogP contribution is -2.30. The summed E-state index contributed by atoms with van der Waals surface area (Å²) in [6, 6.07) is 4.91. The number of carboxylic acid groups (broad SMARTS) is 1. The summed E-state index contributed by atoms with van der Waals surface area (Å²) in [6.07, 6.45) is 1.27. The van der Waals surface area contributed by atoms with Crippen molar-refractivity contribution in [2.24, 2.45) is 0 Å². The van der Waals surface area contributed by atoms with Gasteiger partial charge in [-0.3, -0.25) is 14.3 Å². The number of hydrogen-bond acceptors (Lipinski definition) is 4. The van der Waals surface area contributed by atoms with Gasteiger partial charge in [0.1, 0.15) is 11.2 Å². The summed E-state index contributed by atoms with van der Waals surface area (Å²) >= 11 is 0.